The number of anilines is 1. The molecule has 5 nitrogen and oxygen atoms in total. The molecule has 1 saturated heterocycles. The van der Waals surface area contributed by atoms with E-state index in [9.17, 15) is 14.0 Å². The summed E-state index contributed by atoms with van der Waals surface area (Å²) in [5.74, 6) is -1.07. The standard InChI is InChI=1S/C17H16FN3O2/c18-13-4-6-15(7-5-13)21-11-12(9-16(21)22)17(23)20-10-14-3-1-2-8-19-14/h1-8,12H,9-11H2,(H,20,23)/t12-/m0/s1. The van der Waals surface area contributed by atoms with Crippen molar-refractivity contribution in [3.63, 3.8) is 0 Å². The molecular weight excluding hydrogens is 297 g/mol. The van der Waals surface area contributed by atoms with E-state index in [1.165, 1.54) is 17.0 Å². The summed E-state index contributed by atoms with van der Waals surface area (Å²) in [6.45, 7) is 0.638. The Bertz CT molecular complexity index is 704. The summed E-state index contributed by atoms with van der Waals surface area (Å²) in [5, 5.41) is 2.80. The van der Waals surface area contributed by atoms with Crippen molar-refractivity contribution in [2.75, 3.05) is 11.4 Å². The van der Waals surface area contributed by atoms with Crippen LogP contribution in [-0.2, 0) is 16.1 Å². The maximum Gasteiger partial charge on any atom is 0.227 e. The van der Waals surface area contributed by atoms with E-state index < -0.39 is 5.92 Å². The quantitative estimate of drug-likeness (QED) is 0.937. The second-order valence-electron chi connectivity index (χ2n) is 5.42. The lowest BCUT2D eigenvalue weighted by Crippen LogP contribution is -2.32. The van der Waals surface area contributed by atoms with Crippen molar-refractivity contribution in [3.05, 3.63) is 60.2 Å². The Labute approximate surface area is 133 Å². The minimum Gasteiger partial charge on any atom is -0.350 e. The van der Waals surface area contributed by atoms with Gasteiger partial charge in [0.25, 0.3) is 0 Å². The van der Waals surface area contributed by atoms with Gasteiger partial charge >= 0.3 is 0 Å². The van der Waals surface area contributed by atoms with Crippen LogP contribution in [0.15, 0.2) is 48.7 Å². The smallest absolute Gasteiger partial charge is 0.227 e. The topological polar surface area (TPSA) is 62.3 Å². The van der Waals surface area contributed by atoms with Crippen molar-refractivity contribution in [3.8, 4) is 0 Å². The fraction of sp³-hybridized carbons (Fsp3) is 0.235. The summed E-state index contributed by atoms with van der Waals surface area (Å²) >= 11 is 0. The average Bonchev–Trinajstić information content (AvgIpc) is 2.96. The first-order valence-corrected chi connectivity index (χ1v) is 7.37. The molecule has 0 spiro atoms. The normalized spacial score (nSPS) is 17.3. The molecule has 1 aromatic carbocycles. The first-order valence-electron chi connectivity index (χ1n) is 7.37. The largest absolute Gasteiger partial charge is 0.350 e. The molecule has 2 heterocycles. The minimum atomic E-state index is -0.406. The predicted octanol–water partition coefficient (Wildman–Crippen LogP) is 1.89. The van der Waals surface area contributed by atoms with Crippen LogP contribution in [0.4, 0.5) is 10.1 Å². The van der Waals surface area contributed by atoms with Gasteiger partial charge in [0, 0.05) is 24.8 Å². The van der Waals surface area contributed by atoms with Gasteiger partial charge < -0.3 is 10.2 Å². The Kier molecular flexibility index (Phi) is 4.32. The molecule has 23 heavy (non-hydrogen) atoms. The van der Waals surface area contributed by atoms with Crippen LogP contribution >= 0.6 is 0 Å². The van der Waals surface area contributed by atoms with Crippen molar-refractivity contribution in [2.24, 2.45) is 5.92 Å². The van der Waals surface area contributed by atoms with Crippen LogP contribution in [0.3, 0.4) is 0 Å². The Balaban J connectivity index is 1.60. The number of nitrogens with one attached hydrogen (secondary N) is 1. The number of halogens is 1. The molecule has 2 aromatic rings. The number of amides is 2. The molecular formula is C17H16FN3O2. The van der Waals surface area contributed by atoms with Crippen molar-refractivity contribution in [1.29, 1.82) is 0 Å². The summed E-state index contributed by atoms with van der Waals surface area (Å²) in [5.41, 5.74) is 1.37. The second kappa shape index (κ2) is 6.56. The molecule has 2 amide bonds. The number of benzene rings is 1. The van der Waals surface area contributed by atoms with Crippen molar-refractivity contribution >= 4 is 17.5 Å². The van der Waals surface area contributed by atoms with Crippen LogP contribution in [0.2, 0.25) is 0 Å². The van der Waals surface area contributed by atoms with Gasteiger partial charge in [-0.1, -0.05) is 6.07 Å². The monoisotopic (exact) mass is 313 g/mol. The number of aromatic nitrogens is 1. The van der Waals surface area contributed by atoms with E-state index in [2.05, 4.69) is 10.3 Å². The zero-order chi connectivity index (χ0) is 16.2. The molecule has 1 aliphatic rings. The first kappa shape index (κ1) is 15.1. The second-order valence-corrected chi connectivity index (χ2v) is 5.42. The van der Waals surface area contributed by atoms with Crippen molar-refractivity contribution in [2.45, 2.75) is 13.0 Å². The van der Waals surface area contributed by atoms with E-state index in [0.717, 1.165) is 5.69 Å². The fourth-order valence-corrected chi connectivity index (χ4v) is 2.58. The van der Waals surface area contributed by atoms with Crippen molar-refractivity contribution in [1.82, 2.24) is 10.3 Å². The number of carbonyl (C=O) groups excluding carboxylic acids is 2. The Hall–Kier alpha value is -2.76. The highest BCUT2D eigenvalue weighted by Crippen LogP contribution is 2.25. The van der Waals surface area contributed by atoms with E-state index >= 15 is 0 Å². The van der Waals surface area contributed by atoms with E-state index in [1.54, 1.807) is 18.3 Å². The van der Waals surface area contributed by atoms with Gasteiger partial charge in [0.05, 0.1) is 18.2 Å². The molecule has 6 heteroatoms. The number of hydrogen-bond donors (Lipinski definition) is 1. The van der Waals surface area contributed by atoms with Gasteiger partial charge in [-0.2, -0.15) is 0 Å². The molecule has 1 aliphatic heterocycles. The Morgan fingerprint density at radius 1 is 1.26 bits per heavy atom. The Morgan fingerprint density at radius 2 is 2.04 bits per heavy atom. The first-order chi connectivity index (χ1) is 11.1. The summed E-state index contributed by atoms with van der Waals surface area (Å²) < 4.78 is 13.0. The van der Waals surface area contributed by atoms with E-state index in [-0.39, 0.29) is 24.1 Å². The van der Waals surface area contributed by atoms with Crippen LogP contribution in [0.25, 0.3) is 0 Å². The van der Waals surface area contributed by atoms with Gasteiger partial charge in [0.2, 0.25) is 11.8 Å². The van der Waals surface area contributed by atoms with Crippen LogP contribution in [0.5, 0.6) is 0 Å². The highest BCUT2D eigenvalue weighted by atomic mass is 19.1. The van der Waals surface area contributed by atoms with Crippen LogP contribution < -0.4 is 10.2 Å². The molecule has 118 valence electrons. The van der Waals surface area contributed by atoms with E-state index in [0.29, 0.717) is 18.8 Å². The van der Waals surface area contributed by atoms with E-state index in [1.807, 2.05) is 18.2 Å². The lowest BCUT2D eigenvalue weighted by atomic mass is 10.1. The maximum absolute atomic E-state index is 13.0. The molecule has 1 fully saturated rings. The zero-order valence-corrected chi connectivity index (χ0v) is 12.4. The number of pyridine rings is 1. The summed E-state index contributed by atoms with van der Waals surface area (Å²) in [6.07, 6.45) is 1.82. The number of nitrogens with zero attached hydrogens (tertiary/aromatic N) is 2. The van der Waals surface area contributed by atoms with Gasteiger partial charge in [0.15, 0.2) is 0 Å². The third-order valence-electron chi connectivity index (χ3n) is 3.80. The third kappa shape index (κ3) is 3.53. The van der Waals surface area contributed by atoms with Crippen molar-refractivity contribution < 1.29 is 14.0 Å². The third-order valence-corrected chi connectivity index (χ3v) is 3.80. The van der Waals surface area contributed by atoms with Crippen LogP contribution in [-0.4, -0.2) is 23.3 Å². The lowest BCUT2D eigenvalue weighted by Gasteiger charge is -2.16. The molecule has 0 radical (unpaired) electrons. The fourth-order valence-electron chi connectivity index (χ4n) is 2.58. The molecule has 0 unspecified atom stereocenters. The Morgan fingerprint density at radius 3 is 2.74 bits per heavy atom. The van der Waals surface area contributed by atoms with Gasteiger partial charge in [-0.25, -0.2) is 4.39 Å². The molecule has 1 aromatic heterocycles. The minimum absolute atomic E-state index is 0.130. The average molecular weight is 313 g/mol. The molecule has 3 rings (SSSR count). The molecule has 0 bridgehead atoms. The molecule has 1 N–H and O–H groups in total. The molecule has 1 atom stereocenters. The number of rotatable bonds is 4. The van der Waals surface area contributed by atoms with Gasteiger partial charge in [-0.3, -0.25) is 14.6 Å². The zero-order valence-electron chi connectivity index (χ0n) is 12.4. The van der Waals surface area contributed by atoms with Gasteiger partial charge in [0.1, 0.15) is 5.82 Å². The number of hydrogen-bond acceptors (Lipinski definition) is 3. The summed E-state index contributed by atoms with van der Waals surface area (Å²) in [4.78, 5) is 30.0. The summed E-state index contributed by atoms with van der Waals surface area (Å²) in [7, 11) is 0. The summed E-state index contributed by atoms with van der Waals surface area (Å²) in [6, 6.07) is 11.2. The predicted molar refractivity (Wildman–Crippen MR) is 82.9 cm³/mol. The highest BCUT2D eigenvalue weighted by Gasteiger charge is 2.34. The van der Waals surface area contributed by atoms with E-state index in [4.69, 9.17) is 0 Å². The van der Waals surface area contributed by atoms with Crippen LogP contribution in [0.1, 0.15) is 12.1 Å². The SMILES string of the molecule is O=C(NCc1ccccn1)[C@H]1CC(=O)N(c2ccc(F)cc2)C1. The lowest BCUT2D eigenvalue weighted by molar-refractivity contribution is -0.126. The highest BCUT2D eigenvalue weighted by molar-refractivity contribution is 6.00. The molecule has 0 saturated carbocycles. The van der Waals surface area contributed by atoms with Crippen LogP contribution in [0, 0.1) is 11.7 Å². The maximum atomic E-state index is 13.0. The van der Waals surface area contributed by atoms with Gasteiger partial charge in [-0.15, -0.1) is 0 Å². The van der Waals surface area contributed by atoms with Gasteiger partial charge in [-0.05, 0) is 36.4 Å². The number of carbonyl (C=O) groups is 2. The molecule has 0 aliphatic carbocycles.